The van der Waals surface area contributed by atoms with Gasteiger partial charge in [0, 0.05) is 0 Å². The third kappa shape index (κ3) is 2.65. The highest BCUT2D eigenvalue weighted by Gasteiger charge is 2.23. The second kappa shape index (κ2) is 5.40. The van der Waals surface area contributed by atoms with E-state index in [1.54, 1.807) is 0 Å². The number of anilines is 1. The van der Waals surface area contributed by atoms with Gasteiger partial charge in [-0.15, -0.1) is 0 Å². The van der Waals surface area contributed by atoms with Crippen molar-refractivity contribution in [3.63, 3.8) is 0 Å². The summed E-state index contributed by atoms with van der Waals surface area (Å²) in [4.78, 5) is 11.8. The first-order valence-corrected chi connectivity index (χ1v) is 5.74. The number of H-pyrrole nitrogens is 1. The number of amides is 1. The molecule has 0 saturated carbocycles. The van der Waals surface area contributed by atoms with Crippen LogP contribution in [0.2, 0.25) is 0 Å². The summed E-state index contributed by atoms with van der Waals surface area (Å²) < 4.78 is 39.6. The number of halogens is 3. The molecule has 21 heavy (non-hydrogen) atoms. The van der Waals surface area contributed by atoms with E-state index in [9.17, 15) is 18.0 Å². The quantitative estimate of drug-likeness (QED) is 0.506. The van der Waals surface area contributed by atoms with Crippen molar-refractivity contribution < 1.29 is 23.1 Å². The van der Waals surface area contributed by atoms with E-state index >= 15 is 0 Å². The smallest absolute Gasteiger partial charge is 0.260 e. The number of nitrogens with two attached hydrogens (primary N) is 1. The molecule has 1 aromatic carbocycles. The molecule has 0 spiro atoms. The molecule has 0 aliphatic rings. The Morgan fingerprint density at radius 1 is 1.33 bits per heavy atom. The van der Waals surface area contributed by atoms with E-state index in [4.69, 9.17) is 23.1 Å². The summed E-state index contributed by atoms with van der Waals surface area (Å²) in [5, 5.41) is 17.1. The molecule has 10 heteroatoms. The summed E-state index contributed by atoms with van der Waals surface area (Å²) >= 11 is 4.70. The van der Waals surface area contributed by atoms with Gasteiger partial charge < -0.3 is 16.2 Å². The molecule has 1 heterocycles. The Hall–Kier alpha value is -2.62. The van der Waals surface area contributed by atoms with Crippen LogP contribution in [0.25, 0.3) is 0 Å². The van der Waals surface area contributed by atoms with Gasteiger partial charge in [-0.25, -0.2) is 8.78 Å². The Labute approximate surface area is 120 Å². The first-order chi connectivity index (χ1) is 9.82. The molecule has 2 aromatic rings. The zero-order valence-electron chi connectivity index (χ0n) is 10.1. The van der Waals surface area contributed by atoms with E-state index in [-0.39, 0.29) is 16.4 Å². The van der Waals surface area contributed by atoms with Crippen LogP contribution < -0.4 is 11.1 Å². The number of aromatic nitrogens is 2. The van der Waals surface area contributed by atoms with Gasteiger partial charge in [0.25, 0.3) is 5.91 Å². The lowest BCUT2D eigenvalue weighted by molar-refractivity contribution is 0.102. The largest absolute Gasteiger partial charge is 0.503 e. The zero-order valence-corrected chi connectivity index (χ0v) is 10.9. The molecule has 1 amide bonds. The van der Waals surface area contributed by atoms with Crippen molar-refractivity contribution in [1.82, 2.24) is 10.2 Å². The molecular formula is C11H7F3N4O2S. The van der Waals surface area contributed by atoms with Gasteiger partial charge in [0.05, 0.1) is 17.3 Å². The first kappa shape index (κ1) is 14.8. The summed E-state index contributed by atoms with van der Waals surface area (Å²) in [5.41, 5.74) is 4.65. The molecule has 110 valence electrons. The van der Waals surface area contributed by atoms with Crippen molar-refractivity contribution in [3.05, 3.63) is 40.8 Å². The highest BCUT2D eigenvalue weighted by Crippen LogP contribution is 2.26. The standard InChI is InChI=1S/C11H7F3N4O2S/c12-5-1-3(6(13)8(19)7(5)14)11(20)17-10-4(9(15)21)2-16-18-10/h1-2,19H,(H2,15,21)(H2,16,17,18,20). The minimum atomic E-state index is -1.78. The number of hydrogen-bond acceptors (Lipinski definition) is 4. The Balaban J connectivity index is 2.38. The van der Waals surface area contributed by atoms with E-state index in [2.05, 4.69) is 15.5 Å². The lowest BCUT2D eigenvalue weighted by Crippen LogP contribution is -2.18. The molecule has 0 atom stereocenters. The van der Waals surface area contributed by atoms with Gasteiger partial charge >= 0.3 is 0 Å². The van der Waals surface area contributed by atoms with Crippen molar-refractivity contribution in [2.45, 2.75) is 0 Å². The molecule has 0 aliphatic heterocycles. The molecule has 5 N–H and O–H groups in total. The van der Waals surface area contributed by atoms with Gasteiger partial charge in [0.2, 0.25) is 5.82 Å². The second-order valence-corrected chi connectivity index (χ2v) is 4.30. The van der Waals surface area contributed by atoms with Gasteiger partial charge in [-0.1, -0.05) is 12.2 Å². The molecule has 0 bridgehead atoms. The number of carbonyl (C=O) groups excluding carboxylic acids is 1. The van der Waals surface area contributed by atoms with Crippen LogP contribution in [0.4, 0.5) is 19.0 Å². The van der Waals surface area contributed by atoms with Crippen molar-refractivity contribution in [1.29, 1.82) is 0 Å². The molecule has 0 saturated heterocycles. The molecular weight excluding hydrogens is 309 g/mol. The molecule has 0 aliphatic carbocycles. The lowest BCUT2D eigenvalue weighted by Gasteiger charge is -2.08. The second-order valence-electron chi connectivity index (χ2n) is 3.86. The van der Waals surface area contributed by atoms with Gasteiger partial charge in [0.15, 0.2) is 17.4 Å². The number of nitrogens with zero attached hydrogens (tertiary/aromatic N) is 1. The van der Waals surface area contributed by atoms with E-state index < -0.39 is 34.7 Å². The number of benzene rings is 1. The number of rotatable bonds is 3. The van der Waals surface area contributed by atoms with Crippen LogP contribution in [-0.4, -0.2) is 26.2 Å². The maximum atomic E-state index is 13.6. The van der Waals surface area contributed by atoms with Crippen molar-refractivity contribution in [3.8, 4) is 5.75 Å². The predicted molar refractivity (Wildman–Crippen MR) is 70.4 cm³/mol. The lowest BCUT2D eigenvalue weighted by atomic mass is 10.1. The van der Waals surface area contributed by atoms with Crippen LogP contribution in [0.1, 0.15) is 15.9 Å². The minimum Gasteiger partial charge on any atom is -0.503 e. The molecule has 6 nitrogen and oxygen atoms in total. The van der Waals surface area contributed by atoms with Crippen LogP contribution in [-0.2, 0) is 0 Å². The zero-order chi connectivity index (χ0) is 15.7. The van der Waals surface area contributed by atoms with Crippen LogP contribution in [0.3, 0.4) is 0 Å². The third-order valence-corrected chi connectivity index (χ3v) is 2.74. The van der Waals surface area contributed by atoms with E-state index in [0.29, 0.717) is 6.07 Å². The van der Waals surface area contributed by atoms with Gasteiger partial charge in [-0.3, -0.25) is 9.89 Å². The average Bonchev–Trinajstić information content (AvgIpc) is 2.88. The maximum absolute atomic E-state index is 13.6. The average molecular weight is 316 g/mol. The number of nitrogens with one attached hydrogen (secondary N) is 2. The number of thiocarbonyl (C=S) groups is 1. The van der Waals surface area contributed by atoms with Crippen LogP contribution in [0.5, 0.6) is 5.75 Å². The van der Waals surface area contributed by atoms with E-state index in [1.165, 1.54) is 6.20 Å². The summed E-state index contributed by atoms with van der Waals surface area (Å²) in [5.74, 6) is -7.73. The number of aromatic hydroxyl groups is 1. The van der Waals surface area contributed by atoms with Crippen molar-refractivity contribution >= 4 is 28.9 Å². The number of phenols is 1. The van der Waals surface area contributed by atoms with Gasteiger partial charge in [-0.2, -0.15) is 9.49 Å². The highest BCUT2D eigenvalue weighted by atomic mass is 32.1. The fourth-order valence-corrected chi connectivity index (χ4v) is 1.66. The van der Waals surface area contributed by atoms with E-state index in [1.807, 2.05) is 0 Å². The topological polar surface area (TPSA) is 104 Å². The highest BCUT2D eigenvalue weighted by molar-refractivity contribution is 7.80. The summed E-state index contributed by atoms with van der Waals surface area (Å²) in [6, 6.07) is 0.316. The molecule has 0 fully saturated rings. The van der Waals surface area contributed by atoms with Gasteiger partial charge in [0.1, 0.15) is 10.8 Å². The number of carbonyl (C=O) groups is 1. The van der Waals surface area contributed by atoms with Gasteiger partial charge in [-0.05, 0) is 6.07 Å². The maximum Gasteiger partial charge on any atom is 0.260 e. The van der Waals surface area contributed by atoms with Crippen molar-refractivity contribution in [2.24, 2.45) is 5.73 Å². The number of hydrogen-bond donors (Lipinski definition) is 4. The Kier molecular flexibility index (Phi) is 3.80. The minimum absolute atomic E-state index is 0.0453. The number of phenolic OH excluding ortho intramolecular Hbond substituents is 1. The van der Waals surface area contributed by atoms with Crippen LogP contribution in [0, 0.1) is 17.5 Å². The molecule has 1 aromatic heterocycles. The Bertz CT molecular complexity index is 747. The van der Waals surface area contributed by atoms with Crippen LogP contribution in [0.15, 0.2) is 12.3 Å². The Morgan fingerprint density at radius 3 is 2.62 bits per heavy atom. The monoisotopic (exact) mass is 316 g/mol. The normalized spacial score (nSPS) is 10.4. The summed E-state index contributed by atoms with van der Waals surface area (Å²) in [6.45, 7) is 0. The fourth-order valence-electron chi connectivity index (χ4n) is 1.50. The fraction of sp³-hybridized carbons (Fsp3) is 0. The number of aromatic amines is 1. The Morgan fingerprint density at radius 2 is 2.00 bits per heavy atom. The summed E-state index contributed by atoms with van der Waals surface area (Å²) in [6.07, 6.45) is 1.22. The molecule has 2 rings (SSSR count). The summed E-state index contributed by atoms with van der Waals surface area (Å²) in [7, 11) is 0. The van der Waals surface area contributed by atoms with E-state index in [0.717, 1.165) is 0 Å². The first-order valence-electron chi connectivity index (χ1n) is 5.34. The predicted octanol–water partition coefficient (Wildman–Crippen LogP) is 1.42. The SMILES string of the molecule is NC(=S)c1cn[nH]c1NC(=O)c1cc(F)c(F)c(O)c1F. The third-order valence-electron chi connectivity index (χ3n) is 2.52. The van der Waals surface area contributed by atoms with Crippen molar-refractivity contribution in [2.75, 3.05) is 5.32 Å². The molecule has 0 unspecified atom stereocenters. The van der Waals surface area contributed by atoms with Crippen LogP contribution >= 0.6 is 12.2 Å². The molecule has 0 radical (unpaired) electrons.